The number of carboxylic acid groups (broad SMARTS) is 1. The third kappa shape index (κ3) is 5.93. The molecule has 7 nitrogen and oxygen atoms in total. The predicted molar refractivity (Wildman–Crippen MR) is 114 cm³/mol. The largest absolute Gasteiger partial charge is 0.481 e. The number of nitrogens with zero attached hydrogens (tertiary/aromatic N) is 3. The number of nitrogens with one attached hydrogen (secondary N) is 1. The summed E-state index contributed by atoms with van der Waals surface area (Å²) in [6.07, 6.45) is 2.60. The lowest BCUT2D eigenvalue weighted by Crippen LogP contribution is -2.57. The molecular weight excluding hydrogens is 368 g/mol. The van der Waals surface area contributed by atoms with Crippen LogP contribution in [0.4, 0.5) is 10.5 Å². The molecule has 3 rings (SSSR count). The number of hydrogen-bond donors (Lipinski definition) is 2. The van der Waals surface area contributed by atoms with Gasteiger partial charge in [-0.05, 0) is 49.9 Å². The Bertz CT molecular complexity index is 703. The van der Waals surface area contributed by atoms with Crippen molar-refractivity contribution in [1.29, 1.82) is 0 Å². The molecule has 2 aliphatic rings. The van der Waals surface area contributed by atoms with Gasteiger partial charge in [0.05, 0.1) is 0 Å². The molecule has 160 valence electrons. The molecule has 2 heterocycles. The van der Waals surface area contributed by atoms with E-state index in [-0.39, 0.29) is 18.4 Å². The highest BCUT2D eigenvalue weighted by Gasteiger charge is 2.36. The molecule has 2 N–H and O–H groups in total. The van der Waals surface area contributed by atoms with Crippen molar-refractivity contribution in [2.45, 2.75) is 38.6 Å². The number of anilines is 1. The van der Waals surface area contributed by atoms with Crippen LogP contribution in [0.5, 0.6) is 0 Å². The minimum Gasteiger partial charge on any atom is -0.481 e. The SMILES string of the molecule is CCc1cccc(NC(=O)N2CC[C@H](N3CCN(C)CC3)[C@H](CCC(=O)O)C2)c1. The van der Waals surface area contributed by atoms with Gasteiger partial charge in [0.15, 0.2) is 0 Å². The first-order chi connectivity index (χ1) is 14.0. The monoisotopic (exact) mass is 402 g/mol. The van der Waals surface area contributed by atoms with Crippen LogP contribution in [-0.4, -0.2) is 84.2 Å². The Morgan fingerprint density at radius 1 is 1.17 bits per heavy atom. The lowest BCUT2D eigenvalue weighted by Gasteiger charge is -2.46. The summed E-state index contributed by atoms with van der Waals surface area (Å²) in [6.45, 7) is 7.53. The molecular formula is C22H34N4O3. The summed E-state index contributed by atoms with van der Waals surface area (Å²) in [7, 11) is 2.14. The maximum atomic E-state index is 12.9. The van der Waals surface area contributed by atoms with Crippen LogP contribution in [0.25, 0.3) is 0 Å². The van der Waals surface area contributed by atoms with Gasteiger partial charge in [-0.3, -0.25) is 9.69 Å². The Balaban J connectivity index is 1.63. The van der Waals surface area contributed by atoms with E-state index in [4.69, 9.17) is 0 Å². The van der Waals surface area contributed by atoms with Crippen LogP contribution in [0, 0.1) is 5.92 Å². The van der Waals surface area contributed by atoms with Crippen molar-refractivity contribution in [2.75, 3.05) is 51.6 Å². The minimum atomic E-state index is -0.764. The summed E-state index contributed by atoms with van der Waals surface area (Å²) in [5.41, 5.74) is 2.01. The van der Waals surface area contributed by atoms with Crippen LogP contribution >= 0.6 is 0 Å². The Labute approximate surface area is 173 Å². The van der Waals surface area contributed by atoms with Crippen molar-refractivity contribution < 1.29 is 14.7 Å². The number of hydrogen-bond acceptors (Lipinski definition) is 4. The molecule has 0 bridgehead atoms. The molecule has 0 radical (unpaired) electrons. The Morgan fingerprint density at radius 2 is 1.93 bits per heavy atom. The Morgan fingerprint density at radius 3 is 2.62 bits per heavy atom. The first-order valence-corrected chi connectivity index (χ1v) is 10.8. The molecule has 2 saturated heterocycles. The molecule has 7 heteroatoms. The number of benzene rings is 1. The van der Waals surface area contributed by atoms with E-state index in [0.717, 1.165) is 44.7 Å². The summed E-state index contributed by atoms with van der Waals surface area (Å²) in [5.74, 6) is -0.573. The van der Waals surface area contributed by atoms with E-state index in [0.29, 0.717) is 25.6 Å². The Hall–Kier alpha value is -2.12. The standard InChI is InChI=1S/C22H34N4O3/c1-3-17-5-4-6-19(15-17)23-22(29)26-10-9-20(18(16-26)7-8-21(27)28)25-13-11-24(2)12-14-25/h4-6,15,18,20H,3,7-14,16H2,1-2H3,(H,23,29)(H,27,28)/t18-,20+/m1/s1. The second-order valence-electron chi connectivity index (χ2n) is 8.32. The average Bonchev–Trinajstić information content (AvgIpc) is 2.72. The molecule has 2 atom stereocenters. The zero-order chi connectivity index (χ0) is 20.8. The molecule has 0 aromatic heterocycles. The zero-order valence-corrected chi connectivity index (χ0v) is 17.6. The number of rotatable bonds is 6. The molecule has 1 aromatic carbocycles. The van der Waals surface area contributed by atoms with E-state index in [1.165, 1.54) is 5.56 Å². The van der Waals surface area contributed by atoms with Crippen molar-refractivity contribution in [1.82, 2.24) is 14.7 Å². The molecule has 0 saturated carbocycles. The van der Waals surface area contributed by atoms with Crippen molar-refractivity contribution in [2.24, 2.45) is 5.92 Å². The molecule has 0 aliphatic carbocycles. The first kappa shape index (κ1) is 21.6. The van der Waals surface area contributed by atoms with Gasteiger partial charge >= 0.3 is 12.0 Å². The fourth-order valence-electron chi connectivity index (χ4n) is 4.50. The second-order valence-corrected chi connectivity index (χ2v) is 8.32. The number of carbonyl (C=O) groups excluding carboxylic acids is 1. The Kier molecular flexibility index (Phi) is 7.50. The summed E-state index contributed by atoms with van der Waals surface area (Å²) in [6, 6.07) is 8.21. The quantitative estimate of drug-likeness (QED) is 0.765. The van der Waals surface area contributed by atoms with E-state index in [1.54, 1.807) is 0 Å². The predicted octanol–water partition coefficient (Wildman–Crippen LogP) is 2.58. The molecule has 2 aliphatic heterocycles. The summed E-state index contributed by atoms with van der Waals surface area (Å²) in [5, 5.41) is 12.2. The number of piperidine rings is 1. The van der Waals surface area contributed by atoms with E-state index >= 15 is 0 Å². The number of aliphatic carboxylic acids is 1. The van der Waals surface area contributed by atoms with Gasteiger partial charge in [0.25, 0.3) is 0 Å². The van der Waals surface area contributed by atoms with E-state index in [2.05, 4.69) is 35.2 Å². The van der Waals surface area contributed by atoms with Gasteiger partial charge in [-0.15, -0.1) is 0 Å². The normalized spacial score (nSPS) is 23.7. The summed E-state index contributed by atoms with van der Waals surface area (Å²) in [4.78, 5) is 30.7. The van der Waals surface area contributed by atoms with Gasteiger partial charge in [0, 0.05) is 57.4 Å². The van der Waals surface area contributed by atoms with Gasteiger partial charge in [-0.25, -0.2) is 4.79 Å². The highest BCUT2D eigenvalue weighted by molar-refractivity contribution is 5.89. The van der Waals surface area contributed by atoms with Crippen LogP contribution in [0.1, 0.15) is 31.7 Å². The number of carboxylic acids is 1. The number of urea groups is 1. The van der Waals surface area contributed by atoms with Gasteiger partial charge in [-0.2, -0.15) is 0 Å². The van der Waals surface area contributed by atoms with Crippen molar-refractivity contribution in [3.05, 3.63) is 29.8 Å². The summed E-state index contributed by atoms with van der Waals surface area (Å²) >= 11 is 0. The fraction of sp³-hybridized carbons (Fsp3) is 0.636. The van der Waals surface area contributed by atoms with Crippen LogP contribution in [0.2, 0.25) is 0 Å². The fourth-order valence-corrected chi connectivity index (χ4v) is 4.50. The van der Waals surface area contributed by atoms with E-state index < -0.39 is 5.97 Å². The maximum absolute atomic E-state index is 12.9. The van der Waals surface area contributed by atoms with Gasteiger partial charge in [-0.1, -0.05) is 19.1 Å². The first-order valence-electron chi connectivity index (χ1n) is 10.8. The zero-order valence-electron chi connectivity index (χ0n) is 17.6. The van der Waals surface area contributed by atoms with Gasteiger partial charge in [0.2, 0.25) is 0 Å². The number of likely N-dealkylation sites (N-methyl/N-ethyl adjacent to an activating group) is 1. The molecule has 2 amide bonds. The molecule has 0 unspecified atom stereocenters. The highest BCUT2D eigenvalue weighted by atomic mass is 16.4. The van der Waals surface area contributed by atoms with Crippen molar-refractivity contribution >= 4 is 17.7 Å². The maximum Gasteiger partial charge on any atom is 0.321 e. The van der Waals surface area contributed by atoms with Crippen LogP contribution in [0.3, 0.4) is 0 Å². The number of likely N-dealkylation sites (tertiary alicyclic amines) is 1. The molecule has 2 fully saturated rings. The third-order valence-electron chi connectivity index (χ3n) is 6.30. The van der Waals surface area contributed by atoms with Crippen LogP contribution in [0.15, 0.2) is 24.3 Å². The topological polar surface area (TPSA) is 76.1 Å². The number of aryl methyl sites for hydroxylation is 1. The number of carbonyl (C=O) groups is 2. The van der Waals surface area contributed by atoms with Crippen molar-refractivity contribution in [3.8, 4) is 0 Å². The van der Waals surface area contributed by atoms with E-state index in [1.807, 2.05) is 23.1 Å². The minimum absolute atomic E-state index is 0.0876. The van der Waals surface area contributed by atoms with Crippen LogP contribution in [-0.2, 0) is 11.2 Å². The number of piperazine rings is 1. The van der Waals surface area contributed by atoms with E-state index in [9.17, 15) is 14.7 Å². The highest BCUT2D eigenvalue weighted by Crippen LogP contribution is 2.27. The molecule has 0 spiro atoms. The van der Waals surface area contributed by atoms with Crippen LogP contribution < -0.4 is 5.32 Å². The van der Waals surface area contributed by atoms with Gasteiger partial charge in [0.1, 0.15) is 0 Å². The van der Waals surface area contributed by atoms with Gasteiger partial charge < -0.3 is 20.2 Å². The number of amides is 2. The lowest BCUT2D eigenvalue weighted by atomic mass is 9.86. The molecule has 1 aromatic rings. The lowest BCUT2D eigenvalue weighted by molar-refractivity contribution is -0.137. The average molecular weight is 403 g/mol. The third-order valence-corrected chi connectivity index (χ3v) is 6.30. The van der Waals surface area contributed by atoms with Crippen molar-refractivity contribution in [3.63, 3.8) is 0 Å². The molecule has 29 heavy (non-hydrogen) atoms. The smallest absolute Gasteiger partial charge is 0.321 e. The second kappa shape index (κ2) is 10.1. The summed E-state index contributed by atoms with van der Waals surface area (Å²) < 4.78 is 0.